The van der Waals surface area contributed by atoms with Crippen LogP contribution in [0.5, 0.6) is 0 Å². The van der Waals surface area contributed by atoms with Gasteiger partial charge in [-0.25, -0.2) is 0 Å². The Bertz CT molecular complexity index is 404. The van der Waals surface area contributed by atoms with E-state index < -0.39 is 0 Å². The average molecular weight is 269 g/mol. The van der Waals surface area contributed by atoms with Crippen molar-refractivity contribution in [2.75, 3.05) is 13.1 Å². The molecule has 0 bridgehead atoms. The molecular formula is C13H17ClN2O2. The molecule has 1 rings (SSSR count). The van der Waals surface area contributed by atoms with Crippen LogP contribution in [0.1, 0.15) is 18.9 Å². The summed E-state index contributed by atoms with van der Waals surface area (Å²) < 4.78 is 0. The van der Waals surface area contributed by atoms with E-state index in [-0.39, 0.29) is 18.4 Å². The van der Waals surface area contributed by atoms with Gasteiger partial charge in [-0.2, -0.15) is 0 Å². The fraction of sp³-hybridized carbons (Fsp3) is 0.385. The molecular weight excluding hydrogens is 252 g/mol. The first kappa shape index (κ1) is 14.5. The maximum Gasteiger partial charge on any atom is 0.239 e. The van der Waals surface area contributed by atoms with Gasteiger partial charge in [-0.1, -0.05) is 30.7 Å². The third-order valence-electron chi connectivity index (χ3n) is 2.42. The minimum Gasteiger partial charge on any atom is -0.354 e. The molecule has 4 nitrogen and oxygen atoms in total. The van der Waals surface area contributed by atoms with Gasteiger partial charge in [-0.05, 0) is 24.1 Å². The van der Waals surface area contributed by atoms with Gasteiger partial charge in [0.05, 0.1) is 6.54 Å². The standard InChI is InChI=1S/C13H17ClN2O2/c1-2-12(17)16-9-13(18)15-8-7-10-3-5-11(14)6-4-10/h3-6H,2,7-9H2,1H3,(H,15,18)(H,16,17). The van der Waals surface area contributed by atoms with Crippen LogP contribution in [0.25, 0.3) is 0 Å². The fourth-order valence-corrected chi connectivity index (χ4v) is 1.49. The van der Waals surface area contributed by atoms with Gasteiger partial charge in [0.2, 0.25) is 11.8 Å². The van der Waals surface area contributed by atoms with E-state index in [1.807, 2.05) is 24.3 Å². The minimum atomic E-state index is -0.175. The van der Waals surface area contributed by atoms with E-state index in [0.717, 1.165) is 12.0 Å². The molecule has 2 N–H and O–H groups in total. The topological polar surface area (TPSA) is 58.2 Å². The molecule has 18 heavy (non-hydrogen) atoms. The van der Waals surface area contributed by atoms with E-state index in [2.05, 4.69) is 10.6 Å². The molecule has 98 valence electrons. The Kier molecular flexibility index (Phi) is 6.22. The number of carbonyl (C=O) groups excluding carboxylic acids is 2. The van der Waals surface area contributed by atoms with E-state index in [4.69, 9.17) is 11.6 Å². The van der Waals surface area contributed by atoms with Crippen molar-refractivity contribution >= 4 is 23.4 Å². The predicted octanol–water partition coefficient (Wildman–Crippen LogP) is 1.52. The highest BCUT2D eigenvalue weighted by Crippen LogP contribution is 2.09. The normalized spacial score (nSPS) is 9.89. The summed E-state index contributed by atoms with van der Waals surface area (Å²) in [5, 5.41) is 5.96. The largest absolute Gasteiger partial charge is 0.354 e. The lowest BCUT2D eigenvalue weighted by Crippen LogP contribution is -2.37. The number of carbonyl (C=O) groups is 2. The quantitative estimate of drug-likeness (QED) is 0.822. The molecule has 1 aromatic carbocycles. The lowest BCUT2D eigenvalue weighted by Gasteiger charge is -2.06. The van der Waals surface area contributed by atoms with Crippen LogP contribution < -0.4 is 10.6 Å². The number of hydrogen-bond donors (Lipinski definition) is 2. The van der Waals surface area contributed by atoms with Crippen molar-refractivity contribution in [3.05, 3.63) is 34.9 Å². The second-order valence-electron chi connectivity index (χ2n) is 3.86. The summed E-state index contributed by atoms with van der Waals surface area (Å²) in [4.78, 5) is 22.3. The molecule has 0 unspecified atom stereocenters. The van der Waals surface area contributed by atoms with Gasteiger partial charge in [0.25, 0.3) is 0 Å². The highest BCUT2D eigenvalue weighted by atomic mass is 35.5. The lowest BCUT2D eigenvalue weighted by atomic mass is 10.1. The first-order valence-electron chi connectivity index (χ1n) is 5.89. The molecule has 0 heterocycles. The molecule has 0 fully saturated rings. The first-order valence-corrected chi connectivity index (χ1v) is 6.27. The van der Waals surface area contributed by atoms with Crippen molar-refractivity contribution in [2.45, 2.75) is 19.8 Å². The first-order chi connectivity index (χ1) is 8.61. The average Bonchev–Trinajstić information content (AvgIpc) is 2.38. The van der Waals surface area contributed by atoms with Crippen LogP contribution in [0, 0.1) is 0 Å². The third kappa shape index (κ3) is 5.68. The summed E-state index contributed by atoms with van der Waals surface area (Å²) >= 11 is 5.77. The maximum absolute atomic E-state index is 11.4. The smallest absolute Gasteiger partial charge is 0.239 e. The molecule has 0 saturated carbocycles. The van der Waals surface area contributed by atoms with E-state index in [1.165, 1.54) is 0 Å². The summed E-state index contributed by atoms with van der Waals surface area (Å²) in [7, 11) is 0. The van der Waals surface area contributed by atoms with Crippen molar-refractivity contribution in [3.63, 3.8) is 0 Å². The Hall–Kier alpha value is -1.55. The molecule has 0 radical (unpaired) electrons. The van der Waals surface area contributed by atoms with Crippen LogP contribution in [0.15, 0.2) is 24.3 Å². The van der Waals surface area contributed by atoms with Gasteiger partial charge in [-0.3, -0.25) is 9.59 Å². The SMILES string of the molecule is CCC(=O)NCC(=O)NCCc1ccc(Cl)cc1. The second-order valence-corrected chi connectivity index (χ2v) is 4.29. The van der Waals surface area contributed by atoms with E-state index in [0.29, 0.717) is 18.0 Å². The van der Waals surface area contributed by atoms with Gasteiger partial charge < -0.3 is 10.6 Å². The van der Waals surface area contributed by atoms with Crippen LogP contribution >= 0.6 is 11.6 Å². The zero-order chi connectivity index (χ0) is 13.4. The molecule has 0 aliphatic heterocycles. The zero-order valence-electron chi connectivity index (χ0n) is 10.3. The van der Waals surface area contributed by atoms with Crippen molar-refractivity contribution in [2.24, 2.45) is 0 Å². The number of rotatable bonds is 6. The Morgan fingerprint density at radius 3 is 2.39 bits per heavy atom. The summed E-state index contributed by atoms with van der Waals surface area (Å²) in [5.74, 6) is -0.298. The molecule has 0 atom stereocenters. The van der Waals surface area contributed by atoms with Crippen molar-refractivity contribution in [1.29, 1.82) is 0 Å². The molecule has 0 spiro atoms. The Morgan fingerprint density at radius 2 is 1.78 bits per heavy atom. The van der Waals surface area contributed by atoms with Gasteiger partial charge in [0.15, 0.2) is 0 Å². The highest BCUT2D eigenvalue weighted by Gasteiger charge is 2.02. The second kappa shape index (κ2) is 7.71. The number of hydrogen-bond acceptors (Lipinski definition) is 2. The van der Waals surface area contributed by atoms with Crippen molar-refractivity contribution in [1.82, 2.24) is 10.6 Å². The predicted molar refractivity (Wildman–Crippen MR) is 71.5 cm³/mol. The molecule has 0 saturated heterocycles. The van der Waals surface area contributed by atoms with Crippen molar-refractivity contribution in [3.8, 4) is 0 Å². The van der Waals surface area contributed by atoms with Crippen LogP contribution in [0.4, 0.5) is 0 Å². The zero-order valence-corrected chi connectivity index (χ0v) is 11.1. The van der Waals surface area contributed by atoms with Gasteiger partial charge in [-0.15, -0.1) is 0 Å². The molecule has 0 aliphatic carbocycles. The molecule has 0 aliphatic rings. The maximum atomic E-state index is 11.4. The number of halogens is 1. The number of nitrogens with one attached hydrogen (secondary N) is 2. The van der Waals surface area contributed by atoms with Crippen molar-refractivity contribution < 1.29 is 9.59 Å². The highest BCUT2D eigenvalue weighted by molar-refractivity contribution is 6.30. The molecule has 1 aromatic rings. The van der Waals surface area contributed by atoms with Gasteiger partial charge >= 0.3 is 0 Å². The Balaban J connectivity index is 2.19. The van der Waals surface area contributed by atoms with E-state index in [1.54, 1.807) is 6.92 Å². The summed E-state index contributed by atoms with van der Waals surface area (Å²) in [6, 6.07) is 7.49. The van der Waals surface area contributed by atoms with Crippen LogP contribution in [-0.2, 0) is 16.0 Å². The monoisotopic (exact) mass is 268 g/mol. The molecule has 2 amide bonds. The Labute approximate surface area is 112 Å². The van der Waals surface area contributed by atoms with Gasteiger partial charge in [0.1, 0.15) is 0 Å². The van der Waals surface area contributed by atoms with Crippen LogP contribution in [0.3, 0.4) is 0 Å². The van der Waals surface area contributed by atoms with Gasteiger partial charge in [0, 0.05) is 18.0 Å². The minimum absolute atomic E-state index is 0.0350. The summed E-state index contributed by atoms with van der Waals surface area (Å²) in [5.41, 5.74) is 1.11. The number of benzene rings is 1. The lowest BCUT2D eigenvalue weighted by molar-refractivity contribution is -0.125. The Morgan fingerprint density at radius 1 is 1.11 bits per heavy atom. The molecule has 0 aromatic heterocycles. The van der Waals surface area contributed by atoms with E-state index >= 15 is 0 Å². The fourth-order valence-electron chi connectivity index (χ4n) is 1.36. The van der Waals surface area contributed by atoms with E-state index in [9.17, 15) is 9.59 Å². The summed E-state index contributed by atoms with van der Waals surface area (Å²) in [6.07, 6.45) is 1.13. The third-order valence-corrected chi connectivity index (χ3v) is 2.67. The molecule has 5 heteroatoms. The number of amides is 2. The van der Waals surface area contributed by atoms with Crippen LogP contribution in [-0.4, -0.2) is 24.9 Å². The van der Waals surface area contributed by atoms with Crippen LogP contribution in [0.2, 0.25) is 5.02 Å². The summed E-state index contributed by atoms with van der Waals surface area (Å²) in [6.45, 7) is 2.32.